The third-order valence-electron chi connectivity index (χ3n) is 3.75. The van der Waals surface area contributed by atoms with Crippen molar-refractivity contribution in [2.24, 2.45) is 0 Å². The van der Waals surface area contributed by atoms with Crippen LogP contribution in [-0.4, -0.2) is 16.1 Å². The van der Waals surface area contributed by atoms with Crippen LogP contribution in [0, 0.1) is 11.8 Å². The Morgan fingerprint density at radius 1 is 1.08 bits per heavy atom. The molecule has 1 aromatic carbocycles. The molecule has 1 amide bonds. The van der Waals surface area contributed by atoms with Gasteiger partial charge in [-0.25, -0.2) is 9.78 Å². The Balaban J connectivity index is 1.63. The maximum atomic E-state index is 11.7. The molecular formula is C19H13N3O3. The number of aromatic nitrogens is 2. The van der Waals surface area contributed by atoms with E-state index in [2.05, 4.69) is 27.1 Å². The zero-order valence-electron chi connectivity index (χ0n) is 13.0. The van der Waals surface area contributed by atoms with Gasteiger partial charge in [-0.1, -0.05) is 30.0 Å². The number of ether oxygens (including phenoxy) is 1. The molecule has 6 nitrogen and oxygen atoms in total. The van der Waals surface area contributed by atoms with Crippen LogP contribution in [0.2, 0.25) is 0 Å². The van der Waals surface area contributed by atoms with Crippen molar-refractivity contribution in [3.8, 4) is 11.8 Å². The number of oxazole rings is 1. The second kappa shape index (κ2) is 6.49. The molecule has 1 N–H and O–H groups in total. The van der Waals surface area contributed by atoms with Gasteiger partial charge in [-0.2, -0.15) is 0 Å². The largest absolute Gasteiger partial charge is 0.445 e. The van der Waals surface area contributed by atoms with E-state index in [1.54, 1.807) is 12.4 Å². The average molecular weight is 331 g/mol. The molecule has 4 rings (SSSR count). The summed E-state index contributed by atoms with van der Waals surface area (Å²) in [5, 5.41) is 2.76. The number of hydrogen-bond acceptors (Lipinski definition) is 5. The molecule has 25 heavy (non-hydrogen) atoms. The van der Waals surface area contributed by atoms with E-state index in [1.807, 2.05) is 36.4 Å². The van der Waals surface area contributed by atoms with E-state index in [1.165, 1.54) is 12.5 Å². The fourth-order valence-electron chi connectivity index (χ4n) is 2.61. The molecule has 6 heteroatoms. The van der Waals surface area contributed by atoms with Gasteiger partial charge in [-0.15, -0.1) is 0 Å². The lowest BCUT2D eigenvalue weighted by Crippen LogP contribution is -2.20. The number of hydrogen-bond donors (Lipinski definition) is 1. The fraction of sp³-hybridized carbons (Fsp3) is 0.105. The Labute approximate surface area is 143 Å². The summed E-state index contributed by atoms with van der Waals surface area (Å²) in [6.45, 7) is 0. The fourth-order valence-corrected chi connectivity index (χ4v) is 2.61. The second-order valence-electron chi connectivity index (χ2n) is 5.44. The van der Waals surface area contributed by atoms with E-state index in [0.717, 1.165) is 16.7 Å². The molecule has 1 unspecified atom stereocenters. The SMILES string of the molecule is O=C1NC(c2cncc(C#Cc3ccccc3)c2)[C@H](c2ncco2)O1. The van der Waals surface area contributed by atoms with Gasteiger partial charge in [0.15, 0.2) is 0 Å². The summed E-state index contributed by atoms with van der Waals surface area (Å²) in [7, 11) is 0. The number of alkyl carbamates (subject to hydrolysis) is 1. The van der Waals surface area contributed by atoms with Crippen molar-refractivity contribution in [3.63, 3.8) is 0 Å². The van der Waals surface area contributed by atoms with Crippen molar-refractivity contribution in [3.05, 3.63) is 83.8 Å². The quantitative estimate of drug-likeness (QED) is 0.731. The third kappa shape index (κ3) is 3.21. The highest BCUT2D eigenvalue weighted by atomic mass is 16.6. The van der Waals surface area contributed by atoms with Gasteiger partial charge in [-0.05, 0) is 23.8 Å². The summed E-state index contributed by atoms with van der Waals surface area (Å²) in [4.78, 5) is 20.0. The number of nitrogens with zero attached hydrogens (tertiary/aromatic N) is 2. The molecule has 2 atom stereocenters. The lowest BCUT2D eigenvalue weighted by atomic mass is 10.0. The molecule has 122 valence electrons. The summed E-state index contributed by atoms with van der Waals surface area (Å²) in [6.07, 6.45) is 5.15. The van der Waals surface area contributed by atoms with Gasteiger partial charge in [0.2, 0.25) is 12.0 Å². The highest BCUT2D eigenvalue weighted by Gasteiger charge is 2.39. The van der Waals surface area contributed by atoms with Gasteiger partial charge >= 0.3 is 6.09 Å². The summed E-state index contributed by atoms with van der Waals surface area (Å²) in [5.74, 6) is 6.50. The van der Waals surface area contributed by atoms with E-state index in [9.17, 15) is 4.79 Å². The Bertz CT molecular complexity index is 943. The van der Waals surface area contributed by atoms with Crippen molar-refractivity contribution in [2.75, 3.05) is 0 Å². The van der Waals surface area contributed by atoms with Crippen molar-refractivity contribution < 1.29 is 13.9 Å². The minimum atomic E-state index is -0.637. The van der Waals surface area contributed by atoms with Crippen LogP contribution in [0.1, 0.15) is 34.7 Å². The van der Waals surface area contributed by atoms with Gasteiger partial charge in [0.1, 0.15) is 12.3 Å². The monoisotopic (exact) mass is 331 g/mol. The highest BCUT2D eigenvalue weighted by molar-refractivity contribution is 5.71. The highest BCUT2D eigenvalue weighted by Crippen LogP contribution is 2.35. The number of rotatable bonds is 2. The maximum absolute atomic E-state index is 11.7. The summed E-state index contributed by atoms with van der Waals surface area (Å²) in [5.41, 5.74) is 2.44. The maximum Gasteiger partial charge on any atom is 0.408 e. The smallest absolute Gasteiger partial charge is 0.408 e. The van der Waals surface area contributed by atoms with Crippen LogP contribution in [-0.2, 0) is 4.74 Å². The number of cyclic esters (lactones) is 1. The predicted molar refractivity (Wildman–Crippen MR) is 88.3 cm³/mol. The number of nitrogens with one attached hydrogen (secondary N) is 1. The van der Waals surface area contributed by atoms with Crippen LogP contribution < -0.4 is 5.32 Å². The Morgan fingerprint density at radius 2 is 1.92 bits per heavy atom. The van der Waals surface area contributed by atoms with Crippen LogP contribution in [0.25, 0.3) is 0 Å². The minimum Gasteiger partial charge on any atom is -0.445 e. The molecule has 0 saturated carbocycles. The van der Waals surface area contributed by atoms with Gasteiger partial charge in [-0.3, -0.25) is 4.98 Å². The molecule has 0 bridgehead atoms. The normalized spacial score (nSPS) is 18.8. The molecule has 0 radical (unpaired) electrons. The Kier molecular flexibility index (Phi) is 3.89. The number of amides is 1. The van der Waals surface area contributed by atoms with Crippen LogP contribution in [0.3, 0.4) is 0 Å². The Hall–Kier alpha value is -3.59. The first-order valence-electron chi connectivity index (χ1n) is 7.68. The zero-order chi connectivity index (χ0) is 17.1. The molecule has 0 spiro atoms. The average Bonchev–Trinajstić information content (AvgIpc) is 3.30. The van der Waals surface area contributed by atoms with E-state index < -0.39 is 18.2 Å². The van der Waals surface area contributed by atoms with Gasteiger partial charge in [0, 0.05) is 23.5 Å². The molecule has 1 aliphatic heterocycles. The lowest BCUT2D eigenvalue weighted by Gasteiger charge is -2.14. The van der Waals surface area contributed by atoms with E-state index in [0.29, 0.717) is 5.89 Å². The Morgan fingerprint density at radius 3 is 2.72 bits per heavy atom. The molecule has 1 fully saturated rings. The first-order valence-corrected chi connectivity index (χ1v) is 7.68. The summed E-state index contributed by atoms with van der Waals surface area (Å²) in [6, 6.07) is 11.1. The van der Waals surface area contributed by atoms with Gasteiger partial charge < -0.3 is 14.5 Å². The standard InChI is InChI=1S/C19H13N3O3/c23-19-22-16(17(25-19)18-21-8-9-24-18)15-10-14(11-20-12-15)7-6-13-4-2-1-3-5-13/h1-5,8-12,16-17H,(H,22,23)/t16?,17-/m1/s1. The third-order valence-corrected chi connectivity index (χ3v) is 3.75. The molecule has 2 aromatic heterocycles. The van der Waals surface area contributed by atoms with Gasteiger partial charge in [0.05, 0.1) is 6.20 Å². The second-order valence-corrected chi connectivity index (χ2v) is 5.44. The van der Waals surface area contributed by atoms with E-state index in [-0.39, 0.29) is 0 Å². The molecule has 3 aromatic rings. The first kappa shape index (κ1) is 15.0. The minimum absolute atomic E-state index is 0.337. The number of benzene rings is 1. The zero-order valence-corrected chi connectivity index (χ0v) is 13.0. The first-order chi connectivity index (χ1) is 12.3. The summed E-state index contributed by atoms with van der Waals surface area (Å²) >= 11 is 0. The van der Waals surface area contributed by atoms with Crippen LogP contribution in [0.15, 0.2) is 65.7 Å². The summed E-state index contributed by atoms with van der Waals surface area (Å²) < 4.78 is 10.5. The molecule has 1 saturated heterocycles. The topological polar surface area (TPSA) is 77.3 Å². The molecule has 0 aliphatic carbocycles. The molecule has 3 heterocycles. The number of carbonyl (C=O) groups excluding carboxylic acids is 1. The van der Waals surface area contributed by atoms with Crippen molar-refractivity contribution in [2.45, 2.75) is 12.1 Å². The van der Waals surface area contributed by atoms with Crippen LogP contribution in [0.5, 0.6) is 0 Å². The van der Waals surface area contributed by atoms with Crippen molar-refractivity contribution >= 4 is 6.09 Å². The number of carbonyl (C=O) groups is 1. The predicted octanol–water partition coefficient (Wildman–Crippen LogP) is 2.99. The molecule has 1 aliphatic rings. The van der Waals surface area contributed by atoms with Crippen molar-refractivity contribution in [1.29, 1.82) is 0 Å². The number of pyridine rings is 1. The van der Waals surface area contributed by atoms with Crippen molar-refractivity contribution in [1.82, 2.24) is 15.3 Å². The van der Waals surface area contributed by atoms with E-state index in [4.69, 9.17) is 9.15 Å². The van der Waals surface area contributed by atoms with E-state index >= 15 is 0 Å². The van der Waals surface area contributed by atoms with Crippen LogP contribution >= 0.6 is 0 Å². The van der Waals surface area contributed by atoms with Crippen LogP contribution in [0.4, 0.5) is 4.79 Å². The molecular weight excluding hydrogens is 318 g/mol. The lowest BCUT2D eigenvalue weighted by molar-refractivity contribution is 0.114. The van der Waals surface area contributed by atoms with Gasteiger partial charge in [0.25, 0.3) is 0 Å².